The number of non-ortho nitro benzene ring substituents is 1. The number of aromatic nitrogens is 2. The van der Waals surface area contributed by atoms with E-state index in [2.05, 4.69) is 48.3 Å². The highest BCUT2D eigenvalue weighted by Crippen LogP contribution is 2.27. The summed E-state index contributed by atoms with van der Waals surface area (Å²) in [6.07, 6.45) is 1.06. The summed E-state index contributed by atoms with van der Waals surface area (Å²) in [7, 11) is 0. The molecule has 0 saturated carbocycles. The van der Waals surface area contributed by atoms with Gasteiger partial charge in [0.1, 0.15) is 0 Å². The van der Waals surface area contributed by atoms with E-state index in [4.69, 9.17) is 4.42 Å². The Bertz CT molecular complexity index is 883. The lowest BCUT2D eigenvalue weighted by molar-refractivity contribution is -0.384. The Morgan fingerprint density at radius 2 is 1.65 bits per heavy atom. The molecule has 0 radical (unpaired) electrons. The average molecular weight is 351 g/mol. The van der Waals surface area contributed by atoms with Gasteiger partial charge in [0.15, 0.2) is 0 Å². The minimum absolute atomic E-state index is 0.0256. The van der Waals surface area contributed by atoms with Gasteiger partial charge in [-0.2, -0.15) is 0 Å². The van der Waals surface area contributed by atoms with Crippen LogP contribution in [-0.2, 0) is 6.42 Å². The van der Waals surface area contributed by atoms with Crippen molar-refractivity contribution in [2.24, 2.45) is 5.92 Å². The number of nitrogens with zero attached hydrogens (tertiary/aromatic N) is 3. The molecular formula is C20H21N3O3. The lowest BCUT2D eigenvalue weighted by Gasteiger charge is -2.09. The first-order valence-electron chi connectivity index (χ1n) is 8.61. The Hall–Kier alpha value is -3.02. The summed E-state index contributed by atoms with van der Waals surface area (Å²) in [4.78, 5) is 10.3. The first-order chi connectivity index (χ1) is 12.4. The molecule has 0 saturated heterocycles. The van der Waals surface area contributed by atoms with Crippen molar-refractivity contribution in [3.8, 4) is 11.5 Å². The zero-order chi connectivity index (χ0) is 18.7. The van der Waals surface area contributed by atoms with Gasteiger partial charge < -0.3 is 4.42 Å². The van der Waals surface area contributed by atoms with Gasteiger partial charge in [0.2, 0.25) is 11.8 Å². The van der Waals surface area contributed by atoms with Crippen molar-refractivity contribution in [2.45, 2.75) is 33.1 Å². The highest BCUT2D eigenvalue weighted by molar-refractivity contribution is 5.55. The molecule has 3 rings (SSSR count). The SMILES string of the molecule is CC(C)Cc1ccc(C(C)c2nnc(-c3ccc([N+](=O)[O-])cc3)o2)cc1. The van der Waals surface area contributed by atoms with Crippen LogP contribution in [0.2, 0.25) is 0 Å². The molecule has 6 heteroatoms. The molecule has 0 N–H and O–H groups in total. The van der Waals surface area contributed by atoms with Crippen LogP contribution in [0, 0.1) is 16.0 Å². The van der Waals surface area contributed by atoms with E-state index in [0.717, 1.165) is 12.0 Å². The Morgan fingerprint density at radius 3 is 2.23 bits per heavy atom. The summed E-state index contributed by atoms with van der Waals surface area (Å²) in [5.74, 6) is 1.48. The summed E-state index contributed by atoms with van der Waals surface area (Å²) in [5, 5.41) is 19.0. The van der Waals surface area contributed by atoms with Gasteiger partial charge >= 0.3 is 0 Å². The van der Waals surface area contributed by atoms with E-state index in [1.165, 1.54) is 17.7 Å². The predicted octanol–water partition coefficient (Wildman–Crippen LogP) is 5.00. The molecule has 1 unspecified atom stereocenters. The standard InChI is InChI=1S/C20H21N3O3/c1-13(2)12-15-4-6-16(7-5-15)14(3)19-21-22-20(26-19)17-8-10-18(11-9-17)23(24)25/h4-11,13-14H,12H2,1-3H3. The van der Waals surface area contributed by atoms with Crippen LogP contribution in [-0.4, -0.2) is 15.1 Å². The van der Waals surface area contributed by atoms with Crippen molar-refractivity contribution in [3.63, 3.8) is 0 Å². The molecule has 134 valence electrons. The van der Waals surface area contributed by atoms with Crippen LogP contribution in [0.15, 0.2) is 52.9 Å². The zero-order valence-corrected chi connectivity index (χ0v) is 15.0. The fourth-order valence-electron chi connectivity index (χ4n) is 2.81. The number of nitro benzene ring substituents is 1. The van der Waals surface area contributed by atoms with Gasteiger partial charge in [0.25, 0.3) is 5.69 Å². The molecule has 1 atom stereocenters. The maximum atomic E-state index is 10.7. The van der Waals surface area contributed by atoms with Gasteiger partial charge in [-0.25, -0.2) is 0 Å². The van der Waals surface area contributed by atoms with Crippen LogP contribution in [0.25, 0.3) is 11.5 Å². The van der Waals surface area contributed by atoms with Crippen molar-refractivity contribution in [1.82, 2.24) is 10.2 Å². The normalized spacial score (nSPS) is 12.3. The van der Waals surface area contributed by atoms with Gasteiger partial charge in [-0.15, -0.1) is 10.2 Å². The number of nitro groups is 1. The van der Waals surface area contributed by atoms with Gasteiger partial charge in [0, 0.05) is 17.7 Å². The van der Waals surface area contributed by atoms with Gasteiger partial charge in [0.05, 0.1) is 10.8 Å². The van der Waals surface area contributed by atoms with E-state index in [1.54, 1.807) is 12.1 Å². The first-order valence-corrected chi connectivity index (χ1v) is 8.61. The van der Waals surface area contributed by atoms with Crippen molar-refractivity contribution >= 4 is 5.69 Å². The molecule has 0 bridgehead atoms. The van der Waals surface area contributed by atoms with E-state index >= 15 is 0 Å². The second kappa shape index (κ2) is 7.47. The fourth-order valence-corrected chi connectivity index (χ4v) is 2.81. The molecule has 2 aromatic carbocycles. The number of benzene rings is 2. The molecule has 3 aromatic rings. The third-order valence-corrected chi connectivity index (χ3v) is 4.26. The minimum atomic E-state index is -0.436. The Morgan fingerprint density at radius 1 is 1.00 bits per heavy atom. The fraction of sp³-hybridized carbons (Fsp3) is 0.300. The average Bonchev–Trinajstić information content (AvgIpc) is 3.11. The maximum Gasteiger partial charge on any atom is 0.269 e. The third kappa shape index (κ3) is 3.96. The minimum Gasteiger partial charge on any atom is -0.420 e. The number of hydrogen-bond acceptors (Lipinski definition) is 5. The van der Waals surface area contributed by atoms with E-state index in [1.807, 2.05) is 6.92 Å². The maximum absolute atomic E-state index is 10.7. The van der Waals surface area contributed by atoms with E-state index in [0.29, 0.717) is 23.3 Å². The number of rotatable bonds is 6. The molecule has 26 heavy (non-hydrogen) atoms. The number of hydrogen-bond donors (Lipinski definition) is 0. The molecule has 0 spiro atoms. The summed E-state index contributed by atoms with van der Waals surface area (Å²) in [6.45, 7) is 6.42. The van der Waals surface area contributed by atoms with Crippen LogP contribution in [0.5, 0.6) is 0 Å². The molecule has 0 aliphatic rings. The van der Waals surface area contributed by atoms with Gasteiger partial charge in [-0.3, -0.25) is 10.1 Å². The highest BCUT2D eigenvalue weighted by atomic mass is 16.6. The second-order valence-corrected chi connectivity index (χ2v) is 6.81. The molecule has 1 aromatic heterocycles. The van der Waals surface area contributed by atoms with Crippen molar-refractivity contribution < 1.29 is 9.34 Å². The Kier molecular flexibility index (Phi) is 5.11. The van der Waals surface area contributed by atoms with Crippen LogP contribution < -0.4 is 0 Å². The van der Waals surface area contributed by atoms with Crippen LogP contribution >= 0.6 is 0 Å². The highest BCUT2D eigenvalue weighted by Gasteiger charge is 2.17. The molecule has 0 aliphatic carbocycles. The van der Waals surface area contributed by atoms with Crippen molar-refractivity contribution in [3.05, 3.63) is 75.7 Å². The van der Waals surface area contributed by atoms with E-state index in [-0.39, 0.29) is 11.6 Å². The largest absolute Gasteiger partial charge is 0.420 e. The smallest absolute Gasteiger partial charge is 0.269 e. The molecule has 6 nitrogen and oxygen atoms in total. The third-order valence-electron chi connectivity index (χ3n) is 4.26. The molecule has 0 amide bonds. The van der Waals surface area contributed by atoms with Crippen LogP contribution in [0.4, 0.5) is 5.69 Å². The lowest BCUT2D eigenvalue weighted by atomic mass is 9.97. The van der Waals surface area contributed by atoms with Gasteiger partial charge in [-0.05, 0) is 42.5 Å². The van der Waals surface area contributed by atoms with Crippen molar-refractivity contribution in [1.29, 1.82) is 0 Å². The first kappa shape index (κ1) is 17.8. The quantitative estimate of drug-likeness (QED) is 0.461. The topological polar surface area (TPSA) is 82.1 Å². The zero-order valence-electron chi connectivity index (χ0n) is 15.0. The molecule has 0 aliphatic heterocycles. The van der Waals surface area contributed by atoms with Crippen LogP contribution in [0.1, 0.15) is 43.7 Å². The Balaban J connectivity index is 1.77. The van der Waals surface area contributed by atoms with Crippen LogP contribution in [0.3, 0.4) is 0 Å². The van der Waals surface area contributed by atoms with Gasteiger partial charge in [-0.1, -0.05) is 38.1 Å². The van der Waals surface area contributed by atoms with Crippen molar-refractivity contribution in [2.75, 3.05) is 0 Å². The predicted molar refractivity (Wildman–Crippen MR) is 98.9 cm³/mol. The van der Waals surface area contributed by atoms with E-state index in [9.17, 15) is 10.1 Å². The summed E-state index contributed by atoms with van der Waals surface area (Å²) in [6, 6.07) is 14.5. The summed E-state index contributed by atoms with van der Waals surface area (Å²) >= 11 is 0. The molecular weight excluding hydrogens is 330 g/mol. The van der Waals surface area contributed by atoms with E-state index < -0.39 is 4.92 Å². The monoisotopic (exact) mass is 351 g/mol. The second-order valence-electron chi connectivity index (χ2n) is 6.81. The lowest BCUT2D eigenvalue weighted by Crippen LogP contribution is -1.98. The summed E-state index contributed by atoms with van der Waals surface area (Å²) in [5.41, 5.74) is 3.11. The molecule has 1 heterocycles. The molecule has 0 fully saturated rings. The Labute approximate surface area is 152 Å². The summed E-state index contributed by atoms with van der Waals surface area (Å²) < 4.78 is 5.79.